The van der Waals surface area contributed by atoms with E-state index in [9.17, 15) is 0 Å². The van der Waals surface area contributed by atoms with Gasteiger partial charge in [-0.05, 0) is 41.3 Å². The lowest BCUT2D eigenvalue weighted by Gasteiger charge is -2.10. The number of aromatic nitrogens is 2. The molecule has 154 valence electrons. The van der Waals surface area contributed by atoms with Crippen molar-refractivity contribution in [3.05, 3.63) is 109 Å². The van der Waals surface area contributed by atoms with E-state index in [0.29, 0.717) is 0 Å². The van der Waals surface area contributed by atoms with Crippen LogP contribution in [0.5, 0.6) is 0 Å². The fourth-order valence-corrected chi connectivity index (χ4v) is 4.71. The fourth-order valence-electron chi connectivity index (χ4n) is 4.71. The summed E-state index contributed by atoms with van der Waals surface area (Å²) in [5, 5.41) is 5.74. The summed E-state index contributed by atoms with van der Waals surface area (Å²) in [6.07, 6.45) is 1.92. The molecule has 0 aliphatic carbocycles. The Labute approximate surface area is 190 Å². The molecule has 3 heteroatoms. The Bertz CT molecular complexity index is 1810. The molecule has 3 aromatic heterocycles. The highest BCUT2D eigenvalue weighted by atomic mass is 16.3. The van der Waals surface area contributed by atoms with Crippen molar-refractivity contribution in [3.63, 3.8) is 0 Å². The second kappa shape index (κ2) is 7.01. The third-order valence-electron chi connectivity index (χ3n) is 6.33. The van der Waals surface area contributed by atoms with Gasteiger partial charge >= 0.3 is 0 Å². The van der Waals surface area contributed by atoms with E-state index in [1.807, 2.05) is 30.5 Å². The van der Waals surface area contributed by atoms with E-state index in [4.69, 9.17) is 14.4 Å². The lowest BCUT2D eigenvalue weighted by molar-refractivity contribution is 0.669. The van der Waals surface area contributed by atoms with Crippen LogP contribution in [0.1, 0.15) is 0 Å². The summed E-state index contributed by atoms with van der Waals surface area (Å²) in [7, 11) is 0. The van der Waals surface area contributed by atoms with Crippen LogP contribution in [0.4, 0.5) is 0 Å². The van der Waals surface area contributed by atoms with E-state index >= 15 is 0 Å². The quantitative estimate of drug-likeness (QED) is 0.265. The highest BCUT2D eigenvalue weighted by Gasteiger charge is 2.12. The standard InChI is InChI=1S/C30H18N2O/c1-2-10-25-21(7-1)22-8-3-5-11-26(22)32-30(25)27-16-14-20(18-31-27)19-13-15-24-23-9-4-6-12-28(23)33-29(24)17-19/h1-18H. The molecule has 0 radical (unpaired) electrons. The van der Waals surface area contributed by atoms with Crippen molar-refractivity contribution in [2.24, 2.45) is 0 Å². The van der Waals surface area contributed by atoms with E-state index in [-0.39, 0.29) is 0 Å². The predicted molar refractivity (Wildman–Crippen MR) is 135 cm³/mol. The molecular formula is C30H18N2O. The van der Waals surface area contributed by atoms with Crippen molar-refractivity contribution in [1.29, 1.82) is 0 Å². The normalized spacial score (nSPS) is 11.6. The lowest BCUT2D eigenvalue weighted by atomic mass is 10.0. The van der Waals surface area contributed by atoms with E-state index in [0.717, 1.165) is 60.7 Å². The molecule has 0 amide bonds. The molecule has 7 rings (SSSR count). The van der Waals surface area contributed by atoms with Crippen LogP contribution in [-0.4, -0.2) is 9.97 Å². The van der Waals surface area contributed by atoms with Crippen molar-refractivity contribution in [3.8, 4) is 22.5 Å². The van der Waals surface area contributed by atoms with Gasteiger partial charge in [0.2, 0.25) is 0 Å². The molecule has 0 unspecified atom stereocenters. The molecule has 7 aromatic rings. The van der Waals surface area contributed by atoms with Gasteiger partial charge in [0.25, 0.3) is 0 Å². The highest BCUT2D eigenvalue weighted by molar-refractivity contribution is 6.10. The van der Waals surface area contributed by atoms with Crippen molar-refractivity contribution < 1.29 is 4.42 Å². The number of pyridine rings is 2. The number of furan rings is 1. The zero-order valence-corrected chi connectivity index (χ0v) is 17.7. The van der Waals surface area contributed by atoms with Crippen molar-refractivity contribution in [2.75, 3.05) is 0 Å². The summed E-state index contributed by atoms with van der Waals surface area (Å²) in [5.41, 5.74) is 6.68. The maximum atomic E-state index is 6.07. The van der Waals surface area contributed by atoms with Crippen molar-refractivity contribution in [2.45, 2.75) is 0 Å². The molecular weight excluding hydrogens is 404 g/mol. The third kappa shape index (κ3) is 2.83. The van der Waals surface area contributed by atoms with Crippen LogP contribution in [-0.2, 0) is 0 Å². The zero-order chi connectivity index (χ0) is 21.8. The second-order valence-corrected chi connectivity index (χ2v) is 8.26. The predicted octanol–water partition coefficient (Wildman–Crippen LogP) is 8.02. The van der Waals surface area contributed by atoms with Crippen LogP contribution in [0.2, 0.25) is 0 Å². The van der Waals surface area contributed by atoms with Gasteiger partial charge in [-0.1, -0.05) is 72.8 Å². The van der Waals surface area contributed by atoms with Crippen LogP contribution in [0, 0.1) is 0 Å². The maximum Gasteiger partial charge on any atom is 0.136 e. The minimum absolute atomic E-state index is 0.866. The number of hydrogen-bond acceptors (Lipinski definition) is 3. The molecule has 0 atom stereocenters. The first-order chi connectivity index (χ1) is 16.3. The zero-order valence-electron chi connectivity index (χ0n) is 17.7. The van der Waals surface area contributed by atoms with E-state index in [1.54, 1.807) is 0 Å². The molecule has 0 bridgehead atoms. The minimum Gasteiger partial charge on any atom is -0.456 e. The summed E-state index contributed by atoms with van der Waals surface area (Å²) >= 11 is 0. The van der Waals surface area contributed by atoms with Crippen LogP contribution < -0.4 is 0 Å². The first kappa shape index (κ1) is 18.1. The fraction of sp³-hybridized carbons (Fsp3) is 0. The Hall–Kier alpha value is -4.50. The van der Waals surface area contributed by atoms with Gasteiger partial charge in [0.05, 0.1) is 16.9 Å². The number of rotatable bonds is 2. The minimum atomic E-state index is 0.866. The van der Waals surface area contributed by atoms with Crippen LogP contribution in [0.25, 0.3) is 66.1 Å². The molecule has 0 aliphatic rings. The summed E-state index contributed by atoms with van der Waals surface area (Å²) in [5.74, 6) is 0. The first-order valence-corrected chi connectivity index (χ1v) is 11.0. The molecule has 0 spiro atoms. The monoisotopic (exact) mass is 422 g/mol. The summed E-state index contributed by atoms with van der Waals surface area (Å²) in [6, 6.07) is 35.3. The average Bonchev–Trinajstić information content (AvgIpc) is 3.26. The number of fused-ring (bicyclic) bond motifs is 6. The van der Waals surface area contributed by atoms with Crippen molar-refractivity contribution in [1.82, 2.24) is 9.97 Å². The van der Waals surface area contributed by atoms with Crippen LogP contribution in [0.15, 0.2) is 114 Å². The largest absolute Gasteiger partial charge is 0.456 e. The lowest BCUT2D eigenvalue weighted by Crippen LogP contribution is -1.92. The molecule has 3 nitrogen and oxygen atoms in total. The number of hydrogen-bond donors (Lipinski definition) is 0. The van der Waals surface area contributed by atoms with Crippen molar-refractivity contribution >= 4 is 43.6 Å². The topological polar surface area (TPSA) is 38.9 Å². The van der Waals surface area contributed by atoms with E-state index in [2.05, 4.69) is 78.9 Å². The Kier molecular flexibility index (Phi) is 3.84. The SMILES string of the molecule is c1ccc2c(c1)nc(-c1ccc(-c3ccc4c(c3)oc3ccccc34)cn1)c1ccccc12. The van der Waals surface area contributed by atoms with Gasteiger partial charge in [-0.25, -0.2) is 4.98 Å². The molecule has 3 heterocycles. The Balaban J connectivity index is 1.35. The molecule has 33 heavy (non-hydrogen) atoms. The van der Waals surface area contributed by atoms with Crippen LogP contribution >= 0.6 is 0 Å². The molecule has 0 saturated heterocycles. The van der Waals surface area contributed by atoms with Gasteiger partial charge in [0.1, 0.15) is 11.2 Å². The molecule has 4 aromatic carbocycles. The molecule has 0 aliphatic heterocycles. The van der Waals surface area contributed by atoms with Crippen LogP contribution in [0.3, 0.4) is 0 Å². The molecule has 0 N–H and O–H groups in total. The number of para-hydroxylation sites is 2. The summed E-state index contributed by atoms with van der Waals surface area (Å²) in [6.45, 7) is 0. The van der Waals surface area contributed by atoms with E-state index < -0.39 is 0 Å². The van der Waals surface area contributed by atoms with Gasteiger partial charge in [0, 0.05) is 33.3 Å². The van der Waals surface area contributed by atoms with Gasteiger partial charge in [0.15, 0.2) is 0 Å². The Morgan fingerprint density at radius 3 is 2.06 bits per heavy atom. The Morgan fingerprint density at radius 2 is 1.21 bits per heavy atom. The maximum absolute atomic E-state index is 6.07. The van der Waals surface area contributed by atoms with E-state index in [1.165, 1.54) is 5.39 Å². The van der Waals surface area contributed by atoms with Gasteiger partial charge in [-0.15, -0.1) is 0 Å². The number of nitrogens with zero attached hydrogens (tertiary/aromatic N) is 2. The van der Waals surface area contributed by atoms with Gasteiger partial charge in [-0.3, -0.25) is 4.98 Å². The highest BCUT2D eigenvalue weighted by Crippen LogP contribution is 2.34. The first-order valence-electron chi connectivity index (χ1n) is 11.0. The molecule has 0 fully saturated rings. The smallest absolute Gasteiger partial charge is 0.136 e. The third-order valence-corrected chi connectivity index (χ3v) is 6.33. The van der Waals surface area contributed by atoms with Gasteiger partial charge in [-0.2, -0.15) is 0 Å². The summed E-state index contributed by atoms with van der Waals surface area (Å²) in [4.78, 5) is 9.78. The molecule has 0 saturated carbocycles. The number of benzene rings is 4. The average molecular weight is 422 g/mol. The van der Waals surface area contributed by atoms with Gasteiger partial charge < -0.3 is 4.42 Å². The Morgan fingerprint density at radius 1 is 0.515 bits per heavy atom. The summed E-state index contributed by atoms with van der Waals surface area (Å²) < 4.78 is 6.07. The second-order valence-electron chi connectivity index (χ2n) is 8.26.